The molecule has 0 aliphatic carbocycles. The van der Waals surface area contributed by atoms with E-state index in [0.29, 0.717) is 0 Å². The Labute approximate surface area is 268 Å². The summed E-state index contributed by atoms with van der Waals surface area (Å²) in [6.07, 6.45) is 8.93. The molecule has 0 aliphatic rings. The molecule has 3 aromatic heterocycles. The molecule has 0 atom stereocenters. The summed E-state index contributed by atoms with van der Waals surface area (Å²) >= 11 is 1.79. The van der Waals surface area contributed by atoms with Crippen LogP contribution in [0.25, 0.3) is 37.1 Å². The first-order valence-electron chi connectivity index (χ1n) is 14.9. The van der Waals surface area contributed by atoms with Crippen LogP contribution in [-0.2, 0) is 30.3 Å². The molecule has 0 amide bonds. The Morgan fingerprint density at radius 2 is 1.67 bits per heavy atom. The van der Waals surface area contributed by atoms with Crippen molar-refractivity contribution in [2.45, 2.75) is 79.6 Å². The van der Waals surface area contributed by atoms with Gasteiger partial charge in [0.1, 0.15) is 0 Å². The summed E-state index contributed by atoms with van der Waals surface area (Å²) in [6.45, 7) is 14.9. The third-order valence-corrected chi connectivity index (χ3v) is 9.13. The van der Waals surface area contributed by atoms with E-state index in [1.54, 1.807) is 11.3 Å². The Balaban J connectivity index is 0.000000263. The van der Waals surface area contributed by atoms with Gasteiger partial charge < -0.3 is 9.51 Å². The zero-order chi connectivity index (χ0) is 29.7. The standard InChI is InChI=1S/C23H19N2S.C13H24O2.Ir/c1-23(2,3)18-14-16(13-15-7-4-5-8-17(15)18)21-22-19(10-11-24-21)25-12-6-9-20(25)26-22;1-5-10(6-2)12(14)9-13(15)11(7-3)8-4;/h4-12,14H,1-3H3;9-11,14H,5-8H2,1-4H3;/q-1;;/b;12-9-;. The predicted molar refractivity (Wildman–Crippen MR) is 175 cm³/mol. The maximum Gasteiger partial charge on any atom is 0.162 e. The minimum atomic E-state index is 0. The van der Waals surface area contributed by atoms with Crippen LogP contribution in [0, 0.1) is 17.9 Å². The average Bonchev–Trinajstić information content (AvgIpc) is 3.55. The number of ketones is 1. The first kappa shape index (κ1) is 33.7. The van der Waals surface area contributed by atoms with Gasteiger partial charge in [0.05, 0.1) is 16.1 Å². The Bertz CT molecular complexity index is 1670. The number of fused-ring (bicyclic) bond motifs is 4. The number of benzene rings is 2. The molecule has 0 aliphatic heterocycles. The smallest absolute Gasteiger partial charge is 0.162 e. The summed E-state index contributed by atoms with van der Waals surface area (Å²) < 4.78 is 3.45. The molecule has 2 aromatic carbocycles. The van der Waals surface area contributed by atoms with E-state index in [1.807, 2.05) is 33.9 Å². The number of nitrogens with zero attached hydrogens (tertiary/aromatic N) is 2. The van der Waals surface area contributed by atoms with E-state index in [1.165, 1.54) is 32.1 Å². The largest absolute Gasteiger partial charge is 0.512 e. The summed E-state index contributed by atoms with van der Waals surface area (Å²) in [5.41, 5.74) is 4.69. The summed E-state index contributed by atoms with van der Waals surface area (Å²) in [5, 5.41) is 12.2. The van der Waals surface area contributed by atoms with Crippen LogP contribution in [0.15, 0.2) is 72.8 Å². The Morgan fingerprint density at radius 3 is 2.31 bits per heavy atom. The molecular weight excluding hydrogens is 717 g/mol. The van der Waals surface area contributed by atoms with Gasteiger partial charge in [0.2, 0.25) is 0 Å². The molecule has 225 valence electrons. The van der Waals surface area contributed by atoms with Gasteiger partial charge in [-0.15, -0.1) is 40.5 Å². The van der Waals surface area contributed by atoms with Crippen LogP contribution in [-0.4, -0.2) is 20.3 Å². The molecule has 0 saturated carbocycles. The second-order valence-electron chi connectivity index (χ2n) is 11.7. The molecule has 3 heterocycles. The molecule has 0 saturated heterocycles. The molecule has 0 fully saturated rings. The van der Waals surface area contributed by atoms with E-state index in [4.69, 9.17) is 4.98 Å². The predicted octanol–water partition coefficient (Wildman–Crippen LogP) is 10.3. The van der Waals surface area contributed by atoms with Gasteiger partial charge in [-0.25, -0.2) is 0 Å². The van der Waals surface area contributed by atoms with Crippen molar-refractivity contribution in [3.63, 3.8) is 0 Å². The van der Waals surface area contributed by atoms with Crippen LogP contribution in [0.3, 0.4) is 0 Å². The molecule has 0 unspecified atom stereocenters. The van der Waals surface area contributed by atoms with Crippen LogP contribution in [0.5, 0.6) is 0 Å². The van der Waals surface area contributed by atoms with E-state index in [-0.39, 0.29) is 48.9 Å². The number of carbonyl (C=O) groups is 1. The Morgan fingerprint density at radius 1 is 1.00 bits per heavy atom. The molecule has 42 heavy (non-hydrogen) atoms. The van der Waals surface area contributed by atoms with Crippen molar-refractivity contribution in [1.29, 1.82) is 0 Å². The minimum Gasteiger partial charge on any atom is -0.512 e. The quantitative estimate of drug-likeness (QED) is 0.0974. The maximum atomic E-state index is 11.7. The molecule has 0 bridgehead atoms. The zero-order valence-corrected chi connectivity index (χ0v) is 29.0. The van der Waals surface area contributed by atoms with E-state index < -0.39 is 0 Å². The van der Waals surface area contributed by atoms with Gasteiger partial charge in [-0.3, -0.25) is 9.78 Å². The van der Waals surface area contributed by atoms with Crippen molar-refractivity contribution in [3.05, 3.63) is 84.4 Å². The first-order chi connectivity index (χ1) is 19.6. The number of allylic oxidation sites excluding steroid dienone is 2. The summed E-state index contributed by atoms with van der Waals surface area (Å²) in [7, 11) is 0. The van der Waals surface area contributed by atoms with Gasteiger partial charge in [0, 0.05) is 60.8 Å². The van der Waals surface area contributed by atoms with Crippen LogP contribution in [0.4, 0.5) is 0 Å². The number of aliphatic hydroxyl groups is 1. The molecule has 1 N–H and O–H groups in total. The van der Waals surface area contributed by atoms with Crippen molar-refractivity contribution >= 4 is 42.9 Å². The zero-order valence-electron chi connectivity index (χ0n) is 25.8. The molecule has 6 heteroatoms. The van der Waals surface area contributed by atoms with E-state index in [2.05, 4.69) is 86.0 Å². The fourth-order valence-electron chi connectivity index (χ4n) is 5.43. The van der Waals surface area contributed by atoms with Crippen molar-refractivity contribution in [3.8, 4) is 11.3 Å². The average molecular weight is 760 g/mol. The number of thiazole rings is 1. The number of carbonyl (C=O) groups excluding carboxylic acids is 1. The molecule has 1 radical (unpaired) electrons. The summed E-state index contributed by atoms with van der Waals surface area (Å²) in [4.78, 5) is 17.7. The number of aromatic nitrogens is 2. The molecule has 4 nitrogen and oxygen atoms in total. The van der Waals surface area contributed by atoms with Gasteiger partial charge in [0.25, 0.3) is 0 Å². The number of pyridine rings is 1. The van der Waals surface area contributed by atoms with Gasteiger partial charge >= 0.3 is 0 Å². The van der Waals surface area contributed by atoms with Crippen LogP contribution >= 0.6 is 11.3 Å². The second kappa shape index (κ2) is 14.6. The molecule has 0 spiro atoms. The van der Waals surface area contributed by atoms with Crippen LogP contribution < -0.4 is 0 Å². The van der Waals surface area contributed by atoms with Crippen LogP contribution in [0.1, 0.15) is 79.7 Å². The van der Waals surface area contributed by atoms with Gasteiger partial charge in [-0.2, -0.15) is 0 Å². The number of hydrogen-bond acceptors (Lipinski definition) is 4. The molecule has 5 aromatic rings. The molecular formula is C36H43IrN2O2S-. The fourth-order valence-corrected chi connectivity index (χ4v) is 6.57. The maximum absolute atomic E-state index is 11.7. The minimum absolute atomic E-state index is 0. The third-order valence-electron chi connectivity index (χ3n) is 7.98. The fraction of sp³-hybridized carbons (Fsp3) is 0.389. The number of aliphatic hydroxyl groups excluding tert-OH is 1. The van der Waals surface area contributed by atoms with E-state index in [0.717, 1.165) is 42.3 Å². The van der Waals surface area contributed by atoms with E-state index in [9.17, 15) is 9.90 Å². The van der Waals surface area contributed by atoms with Gasteiger partial charge in [-0.05, 0) is 49.3 Å². The van der Waals surface area contributed by atoms with Crippen molar-refractivity contribution < 1.29 is 30.0 Å². The normalized spacial score (nSPS) is 12.2. The second-order valence-corrected chi connectivity index (χ2v) is 12.7. The number of hydrogen-bond donors (Lipinski definition) is 1. The van der Waals surface area contributed by atoms with Crippen LogP contribution in [0.2, 0.25) is 0 Å². The topological polar surface area (TPSA) is 54.6 Å². The van der Waals surface area contributed by atoms with Crippen molar-refractivity contribution in [1.82, 2.24) is 9.38 Å². The number of rotatable bonds is 8. The monoisotopic (exact) mass is 760 g/mol. The van der Waals surface area contributed by atoms with E-state index >= 15 is 0 Å². The Hall–Kier alpha value is -2.79. The summed E-state index contributed by atoms with van der Waals surface area (Å²) in [6, 6.07) is 20.8. The van der Waals surface area contributed by atoms with Crippen molar-refractivity contribution in [2.24, 2.45) is 11.8 Å². The first-order valence-corrected chi connectivity index (χ1v) is 15.7. The molecule has 5 rings (SSSR count). The third kappa shape index (κ3) is 7.22. The Kier molecular flexibility index (Phi) is 11.7. The van der Waals surface area contributed by atoms with Gasteiger partial charge in [0.15, 0.2) is 5.78 Å². The summed E-state index contributed by atoms with van der Waals surface area (Å²) in [5.74, 6) is 0.547. The van der Waals surface area contributed by atoms with Gasteiger partial charge in [-0.1, -0.05) is 77.6 Å². The van der Waals surface area contributed by atoms with Crippen molar-refractivity contribution in [2.75, 3.05) is 0 Å². The SMILES string of the molecule is CC(C)(C)c1cc(-c2nccc3c2sc2cccn23)[c-]c2ccccc12.CCC(CC)C(=O)/C=C(\O)C(CC)CC.[Ir].